The van der Waals surface area contributed by atoms with Crippen molar-refractivity contribution in [3.8, 4) is 5.69 Å². The lowest BCUT2D eigenvalue weighted by atomic mass is 10.2. The van der Waals surface area contributed by atoms with Crippen LogP contribution in [0.2, 0.25) is 0 Å². The summed E-state index contributed by atoms with van der Waals surface area (Å²) in [6.07, 6.45) is 0. The third-order valence-electron chi connectivity index (χ3n) is 2.31. The molecule has 1 aromatic carbocycles. The molecule has 0 aliphatic carbocycles. The Hall–Kier alpha value is -1.95. The SMILES string of the molecule is CCOC(=O)c1nn(-c2ccc(C)cc2)c(=N)s1. The summed E-state index contributed by atoms with van der Waals surface area (Å²) in [5.41, 5.74) is 1.89. The van der Waals surface area contributed by atoms with Gasteiger partial charge >= 0.3 is 5.97 Å². The molecule has 2 rings (SSSR count). The largest absolute Gasteiger partial charge is 0.461 e. The lowest BCUT2D eigenvalue weighted by Gasteiger charge is -2.00. The summed E-state index contributed by atoms with van der Waals surface area (Å²) in [6.45, 7) is 4.03. The van der Waals surface area contributed by atoms with Crippen molar-refractivity contribution in [2.45, 2.75) is 13.8 Å². The zero-order chi connectivity index (χ0) is 13.1. The minimum atomic E-state index is -0.484. The summed E-state index contributed by atoms with van der Waals surface area (Å²) in [7, 11) is 0. The Labute approximate surface area is 108 Å². The van der Waals surface area contributed by atoms with Crippen LogP contribution in [0, 0.1) is 12.3 Å². The van der Waals surface area contributed by atoms with Gasteiger partial charge in [0, 0.05) is 0 Å². The average Bonchev–Trinajstić information content (AvgIpc) is 2.73. The highest BCUT2D eigenvalue weighted by molar-refractivity contribution is 7.10. The molecule has 0 saturated carbocycles. The first-order valence-corrected chi connectivity index (χ1v) is 6.32. The standard InChI is InChI=1S/C12H13N3O2S/c1-3-17-11(16)10-14-15(12(13)18-10)9-6-4-8(2)5-7-9/h4-7,13H,3H2,1-2H3. The van der Waals surface area contributed by atoms with E-state index in [9.17, 15) is 4.79 Å². The molecule has 0 unspecified atom stereocenters. The molecule has 5 nitrogen and oxygen atoms in total. The van der Waals surface area contributed by atoms with Crippen LogP contribution in [0.25, 0.3) is 5.69 Å². The molecule has 1 aromatic heterocycles. The topological polar surface area (TPSA) is 68.0 Å². The van der Waals surface area contributed by atoms with E-state index in [0.29, 0.717) is 6.61 Å². The number of hydrogen-bond donors (Lipinski definition) is 1. The van der Waals surface area contributed by atoms with E-state index in [2.05, 4.69) is 5.10 Å². The minimum Gasteiger partial charge on any atom is -0.461 e. The number of carbonyl (C=O) groups is 1. The lowest BCUT2D eigenvalue weighted by Crippen LogP contribution is -2.12. The zero-order valence-electron chi connectivity index (χ0n) is 10.1. The van der Waals surface area contributed by atoms with E-state index in [0.717, 1.165) is 22.6 Å². The van der Waals surface area contributed by atoms with Crippen molar-refractivity contribution < 1.29 is 9.53 Å². The Morgan fingerprint density at radius 3 is 2.72 bits per heavy atom. The third-order valence-corrected chi connectivity index (χ3v) is 3.11. The molecule has 0 bridgehead atoms. The average molecular weight is 263 g/mol. The number of carbonyl (C=O) groups excluding carboxylic acids is 1. The monoisotopic (exact) mass is 263 g/mol. The fourth-order valence-electron chi connectivity index (χ4n) is 1.43. The maximum Gasteiger partial charge on any atom is 0.369 e. The van der Waals surface area contributed by atoms with Gasteiger partial charge in [0.05, 0.1) is 12.3 Å². The molecular weight excluding hydrogens is 250 g/mol. The molecule has 94 valence electrons. The fourth-order valence-corrected chi connectivity index (χ4v) is 2.11. The number of aryl methyl sites for hydroxylation is 1. The van der Waals surface area contributed by atoms with Gasteiger partial charge in [-0.1, -0.05) is 29.0 Å². The molecule has 0 atom stereocenters. The maximum absolute atomic E-state index is 11.5. The van der Waals surface area contributed by atoms with E-state index < -0.39 is 5.97 Å². The highest BCUT2D eigenvalue weighted by Crippen LogP contribution is 2.09. The van der Waals surface area contributed by atoms with Crippen LogP contribution < -0.4 is 4.80 Å². The molecule has 1 heterocycles. The van der Waals surface area contributed by atoms with Crippen LogP contribution in [0.15, 0.2) is 24.3 Å². The van der Waals surface area contributed by atoms with Crippen LogP contribution >= 0.6 is 11.3 Å². The number of ether oxygens (including phenoxy) is 1. The number of nitrogens with zero attached hydrogens (tertiary/aromatic N) is 2. The summed E-state index contributed by atoms with van der Waals surface area (Å²) in [4.78, 5) is 11.7. The molecule has 0 saturated heterocycles. The summed E-state index contributed by atoms with van der Waals surface area (Å²) in [6, 6.07) is 7.60. The number of hydrogen-bond acceptors (Lipinski definition) is 5. The normalized spacial score (nSPS) is 10.3. The van der Waals surface area contributed by atoms with Crippen molar-refractivity contribution in [3.05, 3.63) is 39.6 Å². The number of rotatable bonds is 3. The molecule has 18 heavy (non-hydrogen) atoms. The van der Waals surface area contributed by atoms with Crippen LogP contribution in [-0.2, 0) is 4.74 Å². The van der Waals surface area contributed by atoms with Gasteiger partial charge in [-0.25, -0.2) is 9.48 Å². The van der Waals surface area contributed by atoms with Crippen LogP contribution in [0.1, 0.15) is 22.3 Å². The Morgan fingerprint density at radius 2 is 2.11 bits per heavy atom. The van der Waals surface area contributed by atoms with Crippen molar-refractivity contribution in [2.75, 3.05) is 6.61 Å². The van der Waals surface area contributed by atoms with Gasteiger partial charge in [-0.05, 0) is 26.0 Å². The van der Waals surface area contributed by atoms with Crippen LogP contribution in [-0.4, -0.2) is 22.4 Å². The molecule has 0 spiro atoms. The molecule has 0 radical (unpaired) electrons. The van der Waals surface area contributed by atoms with Gasteiger partial charge in [0.2, 0.25) is 9.81 Å². The summed E-state index contributed by atoms with van der Waals surface area (Å²) in [5, 5.41) is 12.1. The van der Waals surface area contributed by atoms with Gasteiger partial charge in [0.25, 0.3) is 0 Å². The van der Waals surface area contributed by atoms with Gasteiger partial charge in [-0.2, -0.15) is 0 Å². The fraction of sp³-hybridized carbons (Fsp3) is 0.250. The Kier molecular flexibility index (Phi) is 3.57. The van der Waals surface area contributed by atoms with Crippen molar-refractivity contribution in [3.63, 3.8) is 0 Å². The van der Waals surface area contributed by atoms with E-state index in [4.69, 9.17) is 10.1 Å². The highest BCUT2D eigenvalue weighted by Gasteiger charge is 2.14. The van der Waals surface area contributed by atoms with Crippen LogP contribution in [0.3, 0.4) is 0 Å². The van der Waals surface area contributed by atoms with Gasteiger partial charge in [-0.3, -0.25) is 5.41 Å². The third kappa shape index (κ3) is 2.48. The van der Waals surface area contributed by atoms with Crippen molar-refractivity contribution in [2.24, 2.45) is 0 Å². The molecule has 6 heteroatoms. The van der Waals surface area contributed by atoms with E-state index in [1.54, 1.807) is 6.92 Å². The summed E-state index contributed by atoms with van der Waals surface area (Å²) < 4.78 is 6.29. The predicted molar refractivity (Wildman–Crippen MR) is 68.0 cm³/mol. The van der Waals surface area contributed by atoms with E-state index >= 15 is 0 Å². The van der Waals surface area contributed by atoms with Gasteiger partial charge in [0.1, 0.15) is 0 Å². The van der Waals surface area contributed by atoms with Crippen molar-refractivity contribution in [1.29, 1.82) is 5.41 Å². The predicted octanol–water partition coefficient (Wildman–Crippen LogP) is 1.90. The van der Waals surface area contributed by atoms with E-state index in [-0.39, 0.29) is 9.81 Å². The van der Waals surface area contributed by atoms with E-state index in [1.807, 2.05) is 31.2 Å². The molecule has 2 aromatic rings. The number of benzene rings is 1. The molecule has 1 N–H and O–H groups in total. The first-order chi connectivity index (χ1) is 8.61. The highest BCUT2D eigenvalue weighted by atomic mass is 32.1. The Bertz CT molecular complexity index is 613. The van der Waals surface area contributed by atoms with E-state index in [1.165, 1.54) is 4.68 Å². The quantitative estimate of drug-likeness (QED) is 0.860. The molecule has 0 aliphatic rings. The Balaban J connectivity index is 2.38. The lowest BCUT2D eigenvalue weighted by molar-refractivity contribution is 0.0524. The second kappa shape index (κ2) is 5.14. The van der Waals surface area contributed by atoms with Crippen molar-refractivity contribution in [1.82, 2.24) is 9.78 Å². The number of esters is 1. The molecule has 0 aliphatic heterocycles. The second-order valence-corrected chi connectivity index (χ2v) is 4.66. The van der Waals surface area contributed by atoms with Crippen LogP contribution in [0.4, 0.5) is 0 Å². The van der Waals surface area contributed by atoms with Crippen LogP contribution in [0.5, 0.6) is 0 Å². The Morgan fingerprint density at radius 1 is 1.44 bits per heavy atom. The molecule has 0 fully saturated rings. The van der Waals surface area contributed by atoms with Crippen molar-refractivity contribution >= 4 is 17.3 Å². The number of nitrogens with one attached hydrogen (secondary N) is 1. The van der Waals surface area contributed by atoms with Gasteiger partial charge in [0.15, 0.2) is 0 Å². The van der Waals surface area contributed by atoms with Gasteiger partial charge in [-0.15, -0.1) is 5.10 Å². The summed E-state index contributed by atoms with van der Waals surface area (Å²) >= 11 is 1.01. The number of aromatic nitrogens is 2. The molecule has 0 amide bonds. The first kappa shape index (κ1) is 12.5. The summed E-state index contributed by atoms with van der Waals surface area (Å²) in [5.74, 6) is -0.484. The van der Waals surface area contributed by atoms with Gasteiger partial charge < -0.3 is 4.74 Å². The zero-order valence-corrected chi connectivity index (χ0v) is 11.0. The second-order valence-electron chi connectivity index (χ2n) is 3.68. The first-order valence-electron chi connectivity index (χ1n) is 5.50. The molecular formula is C12H13N3O2S. The maximum atomic E-state index is 11.5. The minimum absolute atomic E-state index is 0.196. The smallest absolute Gasteiger partial charge is 0.369 e.